The van der Waals surface area contributed by atoms with Gasteiger partial charge in [0.05, 0.1) is 12.3 Å². The molecule has 0 saturated carbocycles. The highest BCUT2D eigenvalue weighted by molar-refractivity contribution is 8.13. The molecule has 1 aromatic carbocycles. The molecular weight excluding hydrogens is 358 g/mol. The zero-order valence-corrected chi connectivity index (χ0v) is 16.8. The molecule has 6 heteroatoms. The molecule has 3 rings (SSSR count). The molecule has 2 aromatic rings. The van der Waals surface area contributed by atoms with Crippen molar-refractivity contribution in [1.82, 2.24) is 9.88 Å². The molecule has 1 fully saturated rings. The second kappa shape index (κ2) is 9.04. The highest BCUT2D eigenvalue weighted by Crippen LogP contribution is 2.30. The summed E-state index contributed by atoms with van der Waals surface area (Å²) in [5.74, 6) is 1.59. The van der Waals surface area contributed by atoms with Gasteiger partial charge in [0.2, 0.25) is 5.88 Å². The van der Waals surface area contributed by atoms with Crippen LogP contribution < -0.4 is 4.74 Å². The summed E-state index contributed by atoms with van der Waals surface area (Å²) in [6.07, 6.45) is 2.58. The van der Waals surface area contributed by atoms with Crippen LogP contribution in [0.5, 0.6) is 5.88 Å². The highest BCUT2D eigenvalue weighted by Gasteiger charge is 2.27. The van der Waals surface area contributed by atoms with Crippen LogP contribution in [0.15, 0.2) is 47.6 Å². The number of amidine groups is 1. The molecule has 1 aliphatic rings. The van der Waals surface area contributed by atoms with E-state index in [0.717, 1.165) is 23.0 Å². The van der Waals surface area contributed by atoms with Crippen molar-refractivity contribution in [3.8, 4) is 5.88 Å². The Morgan fingerprint density at radius 3 is 2.89 bits per heavy atom. The van der Waals surface area contributed by atoms with E-state index in [9.17, 15) is 4.79 Å². The fraction of sp³-hybridized carbons (Fsp3) is 0.381. The minimum Gasteiger partial charge on any atom is -0.477 e. The summed E-state index contributed by atoms with van der Waals surface area (Å²) in [5, 5.41) is 0.741. The van der Waals surface area contributed by atoms with Crippen LogP contribution in [0, 0.1) is 0 Å². The zero-order valence-electron chi connectivity index (χ0n) is 16.0. The number of aromatic nitrogens is 1. The lowest BCUT2D eigenvalue weighted by Crippen LogP contribution is -2.39. The van der Waals surface area contributed by atoms with Gasteiger partial charge in [-0.2, -0.15) is 0 Å². The molecule has 1 amide bonds. The van der Waals surface area contributed by atoms with Gasteiger partial charge in [0.1, 0.15) is 5.56 Å². The van der Waals surface area contributed by atoms with E-state index in [0.29, 0.717) is 30.5 Å². The Kier molecular flexibility index (Phi) is 6.50. The molecule has 0 aliphatic carbocycles. The van der Waals surface area contributed by atoms with E-state index in [2.05, 4.69) is 24.9 Å². The first-order valence-corrected chi connectivity index (χ1v) is 10.3. The fourth-order valence-electron chi connectivity index (χ4n) is 2.97. The van der Waals surface area contributed by atoms with E-state index < -0.39 is 0 Å². The first-order valence-electron chi connectivity index (χ1n) is 9.32. The Morgan fingerprint density at radius 2 is 2.11 bits per heavy atom. The minimum absolute atomic E-state index is 0.112. The van der Waals surface area contributed by atoms with Gasteiger partial charge in [0.15, 0.2) is 5.17 Å². The number of hydrogen-bond acceptors (Lipinski definition) is 5. The maximum absolute atomic E-state index is 13.2. The monoisotopic (exact) mass is 383 g/mol. The van der Waals surface area contributed by atoms with Crippen molar-refractivity contribution in [2.24, 2.45) is 4.99 Å². The molecule has 1 saturated heterocycles. The quantitative estimate of drug-likeness (QED) is 0.739. The van der Waals surface area contributed by atoms with Crippen molar-refractivity contribution in [1.29, 1.82) is 0 Å². The van der Waals surface area contributed by atoms with E-state index in [-0.39, 0.29) is 5.91 Å². The molecule has 2 heterocycles. The number of carbonyl (C=O) groups is 1. The van der Waals surface area contributed by atoms with Crippen LogP contribution >= 0.6 is 11.8 Å². The van der Waals surface area contributed by atoms with E-state index in [1.165, 1.54) is 5.56 Å². The molecule has 0 spiro atoms. The number of para-hydroxylation sites is 1. The summed E-state index contributed by atoms with van der Waals surface area (Å²) in [6, 6.07) is 11.6. The van der Waals surface area contributed by atoms with Crippen LogP contribution in [0.3, 0.4) is 0 Å². The number of pyridine rings is 1. The fourth-order valence-corrected chi connectivity index (χ4v) is 3.92. The molecule has 0 radical (unpaired) electrons. The number of amides is 1. The second-order valence-corrected chi connectivity index (χ2v) is 7.62. The lowest BCUT2D eigenvalue weighted by Gasteiger charge is -2.28. The van der Waals surface area contributed by atoms with Crippen LogP contribution in [0.1, 0.15) is 49.0 Å². The normalized spacial score (nSPS) is 16.0. The van der Waals surface area contributed by atoms with Gasteiger partial charge < -0.3 is 4.74 Å². The van der Waals surface area contributed by atoms with Gasteiger partial charge in [-0.3, -0.25) is 9.69 Å². The van der Waals surface area contributed by atoms with Gasteiger partial charge in [-0.25, -0.2) is 9.98 Å². The Balaban J connectivity index is 1.96. The topological polar surface area (TPSA) is 54.8 Å². The van der Waals surface area contributed by atoms with E-state index in [4.69, 9.17) is 9.73 Å². The maximum Gasteiger partial charge on any atom is 0.265 e. The first-order chi connectivity index (χ1) is 13.1. The third-order valence-corrected chi connectivity index (χ3v) is 5.35. The lowest BCUT2D eigenvalue weighted by atomic mass is 10.0. The molecular formula is C21H25N3O2S. The van der Waals surface area contributed by atoms with Gasteiger partial charge in [-0.05, 0) is 43.0 Å². The summed E-state index contributed by atoms with van der Waals surface area (Å²) < 4.78 is 5.55. The number of aliphatic imine (C=N–C) groups is 1. The molecule has 0 unspecified atom stereocenters. The van der Waals surface area contributed by atoms with Crippen molar-refractivity contribution in [2.75, 3.05) is 18.9 Å². The number of rotatable bonds is 5. The Hall–Kier alpha value is -2.34. The third-order valence-electron chi connectivity index (χ3n) is 4.29. The molecule has 0 atom stereocenters. The SMILES string of the molecule is CCOc1ncccc1C(=O)N1CCCSC1=Nc1ccccc1C(C)C. The molecule has 1 aromatic heterocycles. The average molecular weight is 384 g/mol. The van der Waals surface area contributed by atoms with Crippen molar-refractivity contribution in [2.45, 2.75) is 33.1 Å². The van der Waals surface area contributed by atoms with Crippen LogP contribution in [0.4, 0.5) is 5.69 Å². The number of carbonyl (C=O) groups excluding carboxylic acids is 1. The predicted molar refractivity (Wildman–Crippen MR) is 111 cm³/mol. The number of ether oxygens (including phenoxy) is 1. The minimum atomic E-state index is -0.112. The first kappa shape index (κ1) is 19.4. The van der Waals surface area contributed by atoms with Gasteiger partial charge in [0.25, 0.3) is 5.91 Å². The van der Waals surface area contributed by atoms with Crippen molar-refractivity contribution < 1.29 is 9.53 Å². The van der Waals surface area contributed by atoms with E-state index in [1.54, 1.807) is 35.0 Å². The van der Waals surface area contributed by atoms with Crippen molar-refractivity contribution in [3.63, 3.8) is 0 Å². The van der Waals surface area contributed by atoms with Crippen LogP contribution in [-0.4, -0.2) is 39.9 Å². The maximum atomic E-state index is 13.2. The number of benzene rings is 1. The van der Waals surface area contributed by atoms with Gasteiger partial charge >= 0.3 is 0 Å². The Morgan fingerprint density at radius 1 is 1.30 bits per heavy atom. The molecule has 5 nitrogen and oxygen atoms in total. The summed E-state index contributed by atoms with van der Waals surface area (Å²) in [4.78, 5) is 24.1. The Labute approximate surface area is 164 Å². The summed E-state index contributed by atoms with van der Waals surface area (Å²) in [7, 11) is 0. The average Bonchev–Trinajstić information content (AvgIpc) is 2.69. The third kappa shape index (κ3) is 4.50. The number of hydrogen-bond donors (Lipinski definition) is 0. The van der Waals surface area contributed by atoms with Crippen molar-refractivity contribution >= 4 is 28.5 Å². The zero-order chi connectivity index (χ0) is 19.2. The molecule has 27 heavy (non-hydrogen) atoms. The number of thioether (sulfide) groups is 1. The van der Waals surface area contributed by atoms with Gasteiger partial charge in [0, 0.05) is 18.5 Å². The predicted octanol–water partition coefficient (Wildman–Crippen LogP) is 4.87. The van der Waals surface area contributed by atoms with Gasteiger partial charge in [-0.1, -0.05) is 43.8 Å². The van der Waals surface area contributed by atoms with Crippen LogP contribution in [-0.2, 0) is 0 Å². The summed E-state index contributed by atoms with van der Waals surface area (Å²) in [5.41, 5.74) is 2.58. The molecule has 142 valence electrons. The molecule has 1 aliphatic heterocycles. The highest BCUT2D eigenvalue weighted by atomic mass is 32.2. The van der Waals surface area contributed by atoms with Crippen LogP contribution in [0.25, 0.3) is 0 Å². The second-order valence-electron chi connectivity index (χ2n) is 6.56. The van der Waals surface area contributed by atoms with Crippen molar-refractivity contribution in [3.05, 3.63) is 53.7 Å². The largest absolute Gasteiger partial charge is 0.477 e. The summed E-state index contributed by atoms with van der Waals surface area (Å²) >= 11 is 1.62. The van der Waals surface area contributed by atoms with Crippen LogP contribution in [0.2, 0.25) is 0 Å². The van der Waals surface area contributed by atoms with E-state index in [1.807, 2.05) is 25.1 Å². The molecule has 0 bridgehead atoms. The lowest BCUT2D eigenvalue weighted by molar-refractivity contribution is 0.0844. The standard InChI is InChI=1S/C21H25N3O2S/c1-4-26-19-17(10-7-12-22-19)20(25)24-13-8-14-27-21(24)23-18-11-6-5-9-16(18)15(2)3/h5-7,9-12,15H,4,8,13-14H2,1-3H3. The molecule has 0 N–H and O–H groups in total. The Bertz CT molecular complexity index is 836. The smallest absolute Gasteiger partial charge is 0.265 e. The summed E-state index contributed by atoms with van der Waals surface area (Å²) in [6.45, 7) is 7.30. The number of nitrogens with zero attached hydrogens (tertiary/aromatic N) is 3. The van der Waals surface area contributed by atoms with Gasteiger partial charge in [-0.15, -0.1) is 0 Å². The van der Waals surface area contributed by atoms with E-state index >= 15 is 0 Å².